The zero-order valence-electron chi connectivity index (χ0n) is 12.1. The first-order chi connectivity index (χ1) is 9.81. The molecule has 0 bridgehead atoms. The summed E-state index contributed by atoms with van der Waals surface area (Å²) in [7, 11) is 1.67. The summed E-state index contributed by atoms with van der Waals surface area (Å²) in [5.74, 6) is 0.884. The maximum absolute atomic E-state index is 9.90. The summed E-state index contributed by atoms with van der Waals surface area (Å²) >= 11 is 0. The summed E-state index contributed by atoms with van der Waals surface area (Å²) < 4.78 is 16.0. The first-order valence-electron chi connectivity index (χ1n) is 7.31. The van der Waals surface area contributed by atoms with Gasteiger partial charge < -0.3 is 19.3 Å². The van der Waals surface area contributed by atoms with Gasteiger partial charge in [0.2, 0.25) is 0 Å². The molecule has 0 aromatic heterocycles. The second kappa shape index (κ2) is 8.25. The van der Waals surface area contributed by atoms with E-state index >= 15 is 0 Å². The third-order valence-corrected chi connectivity index (χ3v) is 3.53. The molecule has 4 heteroatoms. The fraction of sp³-hybridized carbons (Fsp3) is 0.625. The molecular formula is C16H24O4. The number of aliphatic hydroxyl groups excluding tert-OH is 1. The number of fused-ring (bicyclic) bond motifs is 1. The van der Waals surface area contributed by atoms with Crippen molar-refractivity contribution in [1.82, 2.24) is 0 Å². The van der Waals surface area contributed by atoms with Crippen molar-refractivity contribution >= 4 is 0 Å². The van der Waals surface area contributed by atoms with Crippen LogP contribution >= 0.6 is 0 Å². The second-order valence-corrected chi connectivity index (χ2v) is 5.08. The Kier molecular flexibility index (Phi) is 6.30. The Morgan fingerprint density at radius 3 is 2.95 bits per heavy atom. The van der Waals surface area contributed by atoms with Crippen LogP contribution in [0.2, 0.25) is 0 Å². The molecule has 0 saturated heterocycles. The van der Waals surface area contributed by atoms with Gasteiger partial charge in [-0.3, -0.25) is 0 Å². The predicted molar refractivity (Wildman–Crippen MR) is 77.1 cm³/mol. The molecule has 112 valence electrons. The minimum absolute atomic E-state index is 0.304. The minimum atomic E-state index is -0.304. The lowest BCUT2D eigenvalue weighted by Crippen LogP contribution is -2.10. The van der Waals surface area contributed by atoms with Gasteiger partial charge in [-0.15, -0.1) is 0 Å². The van der Waals surface area contributed by atoms with Crippen molar-refractivity contribution < 1.29 is 19.3 Å². The fourth-order valence-corrected chi connectivity index (χ4v) is 2.45. The third kappa shape index (κ3) is 4.47. The molecule has 0 radical (unpaired) electrons. The van der Waals surface area contributed by atoms with E-state index in [1.54, 1.807) is 7.11 Å². The zero-order valence-corrected chi connectivity index (χ0v) is 12.1. The van der Waals surface area contributed by atoms with E-state index in [-0.39, 0.29) is 6.10 Å². The van der Waals surface area contributed by atoms with Gasteiger partial charge >= 0.3 is 0 Å². The predicted octanol–water partition coefficient (Wildman–Crippen LogP) is 2.49. The summed E-state index contributed by atoms with van der Waals surface area (Å²) in [5.41, 5.74) is 2.28. The van der Waals surface area contributed by atoms with Crippen LogP contribution in [0.5, 0.6) is 5.75 Å². The van der Waals surface area contributed by atoms with Gasteiger partial charge in [-0.1, -0.05) is 6.07 Å². The summed E-state index contributed by atoms with van der Waals surface area (Å²) in [6.07, 6.45) is 3.51. The minimum Gasteiger partial charge on any atom is -0.493 e. The first-order valence-corrected chi connectivity index (χ1v) is 7.31. The molecule has 0 saturated carbocycles. The fourth-order valence-electron chi connectivity index (χ4n) is 2.45. The normalized spacial score (nSPS) is 17.8. The van der Waals surface area contributed by atoms with Crippen LogP contribution in [0.25, 0.3) is 0 Å². The second-order valence-electron chi connectivity index (χ2n) is 5.08. The van der Waals surface area contributed by atoms with Crippen LogP contribution in [0.3, 0.4) is 0 Å². The average molecular weight is 280 g/mol. The highest BCUT2D eigenvalue weighted by atomic mass is 16.5. The first kappa shape index (κ1) is 15.3. The number of benzene rings is 1. The number of ether oxygens (including phenoxy) is 3. The van der Waals surface area contributed by atoms with Crippen molar-refractivity contribution in [2.75, 3.05) is 33.5 Å². The zero-order chi connectivity index (χ0) is 14.2. The van der Waals surface area contributed by atoms with E-state index in [9.17, 15) is 5.11 Å². The maximum Gasteiger partial charge on any atom is 0.119 e. The molecule has 1 aliphatic carbocycles. The van der Waals surface area contributed by atoms with Gasteiger partial charge in [-0.05, 0) is 42.5 Å². The quantitative estimate of drug-likeness (QED) is 0.743. The monoisotopic (exact) mass is 280 g/mol. The molecule has 0 spiro atoms. The Morgan fingerprint density at radius 2 is 2.10 bits per heavy atom. The molecule has 0 aliphatic heterocycles. The van der Waals surface area contributed by atoms with Gasteiger partial charge in [0.25, 0.3) is 0 Å². The molecular weight excluding hydrogens is 256 g/mol. The summed E-state index contributed by atoms with van der Waals surface area (Å²) in [6, 6.07) is 5.99. The molecule has 20 heavy (non-hydrogen) atoms. The number of aliphatic hydroxyl groups is 1. The summed E-state index contributed by atoms with van der Waals surface area (Å²) in [6.45, 7) is 2.60. The maximum atomic E-state index is 9.90. The lowest BCUT2D eigenvalue weighted by molar-refractivity contribution is 0.0644. The number of methoxy groups -OCH3 is 1. The Labute approximate surface area is 120 Å². The molecule has 2 rings (SSSR count). The highest BCUT2D eigenvalue weighted by Crippen LogP contribution is 2.31. The summed E-state index contributed by atoms with van der Waals surface area (Å²) in [5, 5.41) is 9.90. The van der Waals surface area contributed by atoms with E-state index in [1.165, 1.54) is 5.56 Å². The Balaban J connectivity index is 1.71. The molecule has 0 amide bonds. The standard InChI is InChI=1S/C16H24O4/c1-18-10-11-19-8-3-9-20-14-6-7-15-13(12-14)4-2-5-16(15)17/h6-7,12,16-17H,2-5,8-11H2,1H3. The van der Waals surface area contributed by atoms with Gasteiger partial charge in [-0.25, -0.2) is 0 Å². The number of hydrogen-bond donors (Lipinski definition) is 1. The Bertz CT molecular complexity index is 405. The van der Waals surface area contributed by atoms with E-state index < -0.39 is 0 Å². The van der Waals surface area contributed by atoms with Gasteiger partial charge in [-0.2, -0.15) is 0 Å². The number of rotatable bonds is 8. The Morgan fingerprint density at radius 1 is 1.20 bits per heavy atom. The van der Waals surface area contributed by atoms with Gasteiger partial charge in [0.1, 0.15) is 5.75 Å². The van der Waals surface area contributed by atoms with Crippen molar-refractivity contribution in [1.29, 1.82) is 0 Å². The van der Waals surface area contributed by atoms with Crippen molar-refractivity contribution in [3.8, 4) is 5.75 Å². The van der Waals surface area contributed by atoms with Crippen LogP contribution < -0.4 is 4.74 Å². The molecule has 4 nitrogen and oxygen atoms in total. The number of hydrogen-bond acceptors (Lipinski definition) is 4. The van der Waals surface area contributed by atoms with Crippen LogP contribution in [0.15, 0.2) is 18.2 Å². The van der Waals surface area contributed by atoms with Crippen LogP contribution in [-0.4, -0.2) is 38.6 Å². The van der Waals surface area contributed by atoms with Crippen molar-refractivity contribution in [3.05, 3.63) is 29.3 Å². The average Bonchev–Trinajstić information content (AvgIpc) is 2.46. The third-order valence-electron chi connectivity index (χ3n) is 3.53. The molecule has 1 aromatic carbocycles. The summed E-state index contributed by atoms with van der Waals surface area (Å²) in [4.78, 5) is 0. The largest absolute Gasteiger partial charge is 0.493 e. The van der Waals surface area contributed by atoms with Crippen molar-refractivity contribution in [2.24, 2.45) is 0 Å². The van der Waals surface area contributed by atoms with Crippen molar-refractivity contribution in [3.63, 3.8) is 0 Å². The van der Waals surface area contributed by atoms with Gasteiger partial charge in [0, 0.05) is 20.1 Å². The molecule has 1 unspecified atom stereocenters. The van der Waals surface area contributed by atoms with Crippen LogP contribution in [0.1, 0.15) is 36.5 Å². The highest BCUT2D eigenvalue weighted by molar-refractivity contribution is 5.38. The van der Waals surface area contributed by atoms with Gasteiger partial charge in [0.15, 0.2) is 0 Å². The molecule has 1 N–H and O–H groups in total. The van der Waals surface area contributed by atoms with Crippen LogP contribution in [0, 0.1) is 0 Å². The number of aryl methyl sites for hydroxylation is 1. The van der Waals surface area contributed by atoms with E-state index in [2.05, 4.69) is 6.07 Å². The molecule has 1 aliphatic rings. The van der Waals surface area contributed by atoms with Crippen LogP contribution in [-0.2, 0) is 15.9 Å². The van der Waals surface area contributed by atoms with Crippen LogP contribution in [0.4, 0.5) is 0 Å². The van der Waals surface area contributed by atoms with Crippen molar-refractivity contribution in [2.45, 2.75) is 31.8 Å². The Hall–Kier alpha value is -1.10. The lowest BCUT2D eigenvalue weighted by atomic mass is 9.89. The van der Waals surface area contributed by atoms with E-state index in [1.807, 2.05) is 12.1 Å². The van der Waals surface area contributed by atoms with E-state index in [0.717, 1.165) is 37.0 Å². The molecule has 1 aromatic rings. The molecule has 0 fully saturated rings. The van der Waals surface area contributed by atoms with E-state index in [4.69, 9.17) is 14.2 Å². The van der Waals surface area contributed by atoms with Gasteiger partial charge in [0.05, 0.1) is 25.9 Å². The molecule has 1 atom stereocenters. The SMILES string of the molecule is COCCOCCCOc1ccc2c(c1)CCCC2O. The molecule has 0 heterocycles. The highest BCUT2D eigenvalue weighted by Gasteiger charge is 2.17. The lowest BCUT2D eigenvalue weighted by Gasteiger charge is -2.21. The van der Waals surface area contributed by atoms with E-state index in [0.29, 0.717) is 26.4 Å². The smallest absolute Gasteiger partial charge is 0.119 e. The topological polar surface area (TPSA) is 47.9 Å².